The molecule has 2 aromatic rings. The Labute approximate surface area is 135 Å². The fourth-order valence-electron chi connectivity index (χ4n) is 2.06. The zero-order chi connectivity index (χ0) is 14.2. The van der Waals surface area contributed by atoms with Crippen molar-refractivity contribution in [3.8, 4) is 0 Å². The van der Waals surface area contributed by atoms with Gasteiger partial charge in [-0.25, -0.2) is 0 Å². The molecular formula is C16H18Cl2NiP. The van der Waals surface area contributed by atoms with Gasteiger partial charge in [-0.1, -0.05) is 0 Å². The Kier molecular flexibility index (Phi) is 7.39. The molecular weight excluding hydrogens is 353 g/mol. The van der Waals surface area contributed by atoms with Crippen molar-refractivity contribution in [2.45, 2.75) is 18.2 Å². The van der Waals surface area contributed by atoms with Crippen molar-refractivity contribution < 1.29 is 11.6 Å². The summed E-state index contributed by atoms with van der Waals surface area (Å²) in [6, 6.07) is 21.6. The Morgan fingerprint density at radius 3 is 1.70 bits per heavy atom. The predicted molar refractivity (Wildman–Crippen MR) is 89.7 cm³/mol. The van der Waals surface area contributed by atoms with Crippen LogP contribution in [0.15, 0.2) is 60.7 Å². The predicted octanol–water partition coefficient (Wildman–Crippen LogP) is 5.24. The van der Waals surface area contributed by atoms with Crippen LogP contribution < -0.4 is 10.6 Å². The number of rotatable bonds is 7. The van der Waals surface area contributed by atoms with E-state index in [1.807, 2.05) is 0 Å². The SMILES string of the molecule is [Cl][Ni]([Cl])[CH2]CCCP(c1ccccc1)c1ccccc1. The second kappa shape index (κ2) is 9.06. The van der Waals surface area contributed by atoms with Crippen molar-refractivity contribution in [3.63, 3.8) is 0 Å². The van der Waals surface area contributed by atoms with Gasteiger partial charge in [-0.2, -0.15) is 0 Å². The third-order valence-electron chi connectivity index (χ3n) is 3.00. The molecule has 4 heteroatoms. The number of halogens is 2. The number of hydrogen-bond acceptors (Lipinski definition) is 0. The quantitative estimate of drug-likeness (QED) is 0.355. The Hall–Kier alpha value is -0.0565. The average Bonchev–Trinajstić information content (AvgIpc) is 2.49. The number of benzene rings is 2. The monoisotopic (exact) mass is 369 g/mol. The summed E-state index contributed by atoms with van der Waals surface area (Å²) in [5, 5.41) is 3.83. The Bertz CT molecular complexity index is 451. The summed E-state index contributed by atoms with van der Waals surface area (Å²) in [5.41, 5.74) is 0. The second-order valence-electron chi connectivity index (χ2n) is 4.40. The van der Waals surface area contributed by atoms with E-state index in [1.54, 1.807) is 0 Å². The summed E-state index contributed by atoms with van der Waals surface area (Å²) in [6.07, 6.45) is 3.50. The van der Waals surface area contributed by atoms with Crippen LogP contribution in [0.25, 0.3) is 0 Å². The van der Waals surface area contributed by atoms with Gasteiger partial charge < -0.3 is 0 Å². The Balaban J connectivity index is 2.06. The summed E-state index contributed by atoms with van der Waals surface area (Å²) < 4.78 is 0. The van der Waals surface area contributed by atoms with Crippen LogP contribution in [0.1, 0.15) is 12.8 Å². The van der Waals surface area contributed by atoms with Gasteiger partial charge in [0, 0.05) is 0 Å². The van der Waals surface area contributed by atoms with E-state index >= 15 is 0 Å². The summed E-state index contributed by atoms with van der Waals surface area (Å²) in [5.74, 6) is 0. The molecule has 2 aromatic carbocycles. The van der Waals surface area contributed by atoms with E-state index in [0.717, 1.165) is 11.8 Å². The van der Waals surface area contributed by atoms with Gasteiger partial charge >= 0.3 is 136 Å². The molecule has 2 rings (SSSR count). The van der Waals surface area contributed by atoms with E-state index in [9.17, 15) is 0 Å². The third-order valence-corrected chi connectivity index (χ3v) is 7.31. The van der Waals surface area contributed by atoms with Crippen molar-refractivity contribution in [2.75, 3.05) is 6.16 Å². The zero-order valence-corrected chi connectivity index (χ0v) is 14.5. The summed E-state index contributed by atoms with van der Waals surface area (Å²) in [4.78, 5) is 0. The Morgan fingerprint density at radius 2 is 1.25 bits per heavy atom. The normalized spacial score (nSPS) is 11.7. The molecule has 0 N–H and O–H groups in total. The van der Waals surface area contributed by atoms with E-state index in [-0.39, 0.29) is 7.92 Å². The van der Waals surface area contributed by atoms with Crippen molar-refractivity contribution in [3.05, 3.63) is 60.7 Å². The second-order valence-corrected chi connectivity index (χ2v) is 10.8. The minimum atomic E-state index is -0.588. The molecule has 0 radical (unpaired) electrons. The van der Waals surface area contributed by atoms with Crippen LogP contribution >= 0.6 is 28.3 Å². The van der Waals surface area contributed by atoms with E-state index in [0.29, 0.717) is 0 Å². The van der Waals surface area contributed by atoms with Gasteiger partial charge in [0.25, 0.3) is 0 Å². The van der Waals surface area contributed by atoms with Crippen molar-refractivity contribution in [1.82, 2.24) is 0 Å². The zero-order valence-electron chi connectivity index (χ0n) is 11.1. The summed E-state index contributed by atoms with van der Waals surface area (Å²) in [6.45, 7) is 0. The first-order chi connectivity index (χ1) is 9.77. The van der Waals surface area contributed by atoms with E-state index in [2.05, 4.69) is 60.7 Å². The van der Waals surface area contributed by atoms with Crippen molar-refractivity contribution in [1.29, 1.82) is 0 Å². The van der Waals surface area contributed by atoms with Gasteiger partial charge in [0.1, 0.15) is 0 Å². The standard InChI is InChI=1S/C16H18P.2ClH.Ni/c1-2-3-14-17(15-10-6-4-7-11-15)16-12-8-5-9-13-16;;;/h4-13H,1-3,14H2;2*1H;/q;;;+2/p-2. The average molecular weight is 371 g/mol. The van der Waals surface area contributed by atoms with Crippen molar-refractivity contribution in [2.24, 2.45) is 0 Å². The molecule has 0 aliphatic heterocycles. The molecule has 0 unspecified atom stereocenters. The van der Waals surface area contributed by atoms with Crippen molar-refractivity contribution >= 4 is 38.9 Å². The maximum absolute atomic E-state index is 5.84. The molecule has 20 heavy (non-hydrogen) atoms. The van der Waals surface area contributed by atoms with Gasteiger partial charge in [0.2, 0.25) is 0 Å². The number of hydrogen-bond donors (Lipinski definition) is 0. The van der Waals surface area contributed by atoms with E-state index in [1.165, 1.54) is 23.2 Å². The van der Waals surface area contributed by atoms with Gasteiger partial charge in [-0.3, -0.25) is 0 Å². The first-order valence-electron chi connectivity index (χ1n) is 6.55. The van der Waals surface area contributed by atoms with Crippen LogP contribution in [0.4, 0.5) is 0 Å². The van der Waals surface area contributed by atoms with Crippen LogP contribution in [-0.2, 0) is 11.6 Å². The molecule has 0 aliphatic rings. The van der Waals surface area contributed by atoms with Crippen LogP contribution in [0, 0.1) is 0 Å². The van der Waals surface area contributed by atoms with Crippen LogP contribution in [0.2, 0.25) is 5.39 Å². The molecule has 0 atom stereocenters. The molecule has 0 bridgehead atoms. The fraction of sp³-hybridized carbons (Fsp3) is 0.250. The van der Waals surface area contributed by atoms with Crippen LogP contribution in [0.5, 0.6) is 0 Å². The molecule has 0 aliphatic carbocycles. The number of unbranched alkanes of at least 4 members (excludes halogenated alkanes) is 1. The van der Waals surface area contributed by atoms with Crippen LogP contribution in [-0.4, -0.2) is 6.16 Å². The van der Waals surface area contributed by atoms with E-state index in [4.69, 9.17) is 20.4 Å². The first-order valence-corrected chi connectivity index (χ1v) is 11.5. The molecule has 0 nitrogen and oxygen atoms in total. The van der Waals surface area contributed by atoms with Crippen LogP contribution in [0.3, 0.4) is 0 Å². The topological polar surface area (TPSA) is 0 Å². The molecule has 0 saturated carbocycles. The van der Waals surface area contributed by atoms with Gasteiger partial charge in [-0.05, 0) is 0 Å². The van der Waals surface area contributed by atoms with Gasteiger partial charge in [-0.15, -0.1) is 0 Å². The molecule has 0 amide bonds. The van der Waals surface area contributed by atoms with Gasteiger partial charge in [0.15, 0.2) is 0 Å². The van der Waals surface area contributed by atoms with Gasteiger partial charge in [0.05, 0.1) is 0 Å². The molecule has 0 heterocycles. The molecule has 111 valence electrons. The third kappa shape index (κ3) is 5.38. The minimum absolute atomic E-state index is 0.263. The molecule has 0 fully saturated rings. The molecule has 0 aromatic heterocycles. The summed E-state index contributed by atoms with van der Waals surface area (Å²) in [7, 11) is 11.4. The first kappa shape index (κ1) is 16.3. The maximum atomic E-state index is 5.84. The molecule has 0 saturated heterocycles. The van der Waals surface area contributed by atoms with E-state index < -0.39 is 11.6 Å². The molecule has 0 spiro atoms. The fourth-order valence-corrected chi connectivity index (χ4v) is 5.68. The Morgan fingerprint density at radius 1 is 0.750 bits per heavy atom. The summed E-state index contributed by atoms with van der Waals surface area (Å²) >= 11 is -0.588.